The van der Waals surface area contributed by atoms with E-state index in [1.807, 2.05) is 12.1 Å². The quantitative estimate of drug-likeness (QED) is 0.643. The van der Waals surface area contributed by atoms with Crippen molar-refractivity contribution in [3.05, 3.63) is 29.3 Å². The molecule has 1 fully saturated rings. The Morgan fingerprint density at radius 3 is 2.85 bits per heavy atom. The lowest BCUT2D eigenvalue weighted by atomic mass is 9.73. The minimum Gasteiger partial charge on any atom is -0.479 e. The van der Waals surface area contributed by atoms with E-state index in [2.05, 4.69) is 19.1 Å². The summed E-state index contributed by atoms with van der Waals surface area (Å²) in [6.07, 6.45) is 8.47. The van der Waals surface area contributed by atoms with Gasteiger partial charge in [0, 0.05) is 0 Å². The number of hydrogen-bond acceptors (Lipinski definition) is 4. The van der Waals surface area contributed by atoms with Crippen molar-refractivity contribution in [3.63, 3.8) is 0 Å². The summed E-state index contributed by atoms with van der Waals surface area (Å²) in [4.78, 5) is 0. The molecule has 2 aliphatic rings. The van der Waals surface area contributed by atoms with Gasteiger partial charge in [-0.15, -0.1) is 0 Å². The third-order valence-electron chi connectivity index (χ3n) is 6.59. The van der Waals surface area contributed by atoms with Gasteiger partial charge in [0.2, 0.25) is 0 Å². The Morgan fingerprint density at radius 1 is 1.22 bits per heavy atom. The molecule has 0 saturated heterocycles. The summed E-state index contributed by atoms with van der Waals surface area (Å²) in [5.41, 5.74) is 2.65. The smallest absolute Gasteiger partial charge is 0.174 e. The van der Waals surface area contributed by atoms with Gasteiger partial charge in [-0.2, -0.15) is 5.26 Å². The molecule has 3 rings (SSSR count). The van der Waals surface area contributed by atoms with Crippen molar-refractivity contribution < 1.29 is 14.9 Å². The van der Waals surface area contributed by atoms with Crippen LogP contribution in [0.5, 0.6) is 5.75 Å². The molecule has 5 atom stereocenters. The number of ether oxygens (including phenoxy) is 1. The van der Waals surface area contributed by atoms with Crippen LogP contribution in [0.3, 0.4) is 0 Å². The normalized spacial score (nSPS) is 27.5. The maximum atomic E-state index is 10.7. The van der Waals surface area contributed by atoms with Crippen molar-refractivity contribution in [2.45, 2.75) is 76.9 Å². The first-order valence-corrected chi connectivity index (χ1v) is 10.6. The van der Waals surface area contributed by atoms with Gasteiger partial charge in [-0.05, 0) is 79.5 Å². The van der Waals surface area contributed by atoms with E-state index in [0.29, 0.717) is 17.8 Å². The Labute approximate surface area is 163 Å². The number of benzene rings is 1. The molecule has 0 aliphatic heterocycles. The molecule has 0 heterocycles. The number of unbranched alkanes of at least 4 members (excludes halogenated alkanes) is 2. The van der Waals surface area contributed by atoms with Gasteiger partial charge in [0.1, 0.15) is 11.8 Å². The van der Waals surface area contributed by atoms with Crippen molar-refractivity contribution >= 4 is 0 Å². The Hall–Kier alpha value is -1.57. The Kier molecular flexibility index (Phi) is 7.15. The Bertz CT molecular complexity index is 654. The number of hydrogen-bond donors (Lipinski definition) is 2. The lowest BCUT2D eigenvalue weighted by molar-refractivity contribution is 0.0870. The van der Waals surface area contributed by atoms with Gasteiger partial charge in [0.25, 0.3) is 0 Å². The van der Waals surface area contributed by atoms with E-state index in [9.17, 15) is 10.2 Å². The molecule has 4 nitrogen and oxygen atoms in total. The molecule has 0 spiro atoms. The summed E-state index contributed by atoms with van der Waals surface area (Å²) in [5, 5.41) is 29.6. The number of fused-ring (bicyclic) bond motifs is 2. The molecule has 1 aromatic carbocycles. The number of nitrogens with zero attached hydrogens (tertiary/aromatic N) is 1. The molecule has 0 radical (unpaired) electrons. The van der Waals surface area contributed by atoms with Crippen LogP contribution >= 0.6 is 0 Å². The van der Waals surface area contributed by atoms with E-state index in [1.165, 1.54) is 24.0 Å². The van der Waals surface area contributed by atoms with Gasteiger partial charge in [-0.1, -0.05) is 32.3 Å². The van der Waals surface area contributed by atoms with Gasteiger partial charge >= 0.3 is 0 Å². The van der Waals surface area contributed by atoms with Gasteiger partial charge in [0.15, 0.2) is 6.61 Å². The maximum absolute atomic E-state index is 10.7. The number of aliphatic hydroxyl groups is 2. The van der Waals surface area contributed by atoms with Crippen LogP contribution in [0.15, 0.2) is 18.2 Å². The third kappa shape index (κ3) is 5.03. The van der Waals surface area contributed by atoms with Crippen molar-refractivity contribution in [2.24, 2.45) is 17.8 Å². The van der Waals surface area contributed by atoms with E-state index in [4.69, 9.17) is 10.00 Å². The van der Waals surface area contributed by atoms with Crippen LogP contribution in [-0.4, -0.2) is 29.0 Å². The van der Waals surface area contributed by atoms with Crippen molar-refractivity contribution in [1.29, 1.82) is 5.26 Å². The molecule has 0 amide bonds. The monoisotopic (exact) mass is 371 g/mol. The lowest BCUT2D eigenvalue weighted by Gasteiger charge is -2.32. The van der Waals surface area contributed by atoms with E-state index < -0.39 is 0 Å². The first-order chi connectivity index (χ1) is 13.1. The lowest BCUT2D eigenvalue weighted by Crippen LogP contribution is -2.27. The van der Waals surface area contributed by atoms with E-state index in [1.54, 1.807) is 0 Å². The molecule has 1 aromatic rings. The number of aliphatic hydroxyl groups excluding tert-OH is 2. The van der Waals surface area contributed by atoms with Gasteiger partial charge < -0.3 is 14.9 Å². The molecule has 1 saturated carbocycles. The van der Waals surface area contributed by atoms with Gasteiger partial charge in [-0.25, -0.2) is 0 Å². The minimum atomic E-state index is -0.244. The fraction of sp³-hybridized carbons (Fsp3) is 0.696. The number of rotatable bonds is 9. The second-order valence-corrected chi connectivity index (χ2v) is 8.40. The SMILES string of the molecule is CCCCC[C@H](O)CC[C@@H]1[C@H]2Cc3ccc(OCC#N)cc3C[C@H]2C[C@H]1O. The van der Waals surface area contributed by atoms with Crippen LogP contribution in [0, 0.1) is 29.1 Å². The van der Waals surface area contributed by atoms with Crippen molar-refractivity contribution in [3.8, 4) is 11.8 Å². The summed E-state index contributed by atoms with van der Waals surface area (Å²) >= 11 is 0. The molecule has 148 valence electrons. The van der Waals surface area contributed by atoms with Crippen LogP contribution < -0.4 is 4.74 Å². The second kappa shape index (κ2) is 9.57. The summed E-state index contributed by atoms with van der Waals surface area (Å²) in [6, 6.07) is 8.16. The molecular formula is C23H33NO3. The Balaban J connectivity index is 1.59. The molecule has 27 heavy (non-hydrogen) atoms. The predicted molar refractivity (Wildman–Crippen MR) is 105 cm³/mol. The summed E-state index contributed by atoms with van der Waals surface area (Å²) < 4.78 is 5.44. The van der Waals surface area contributed by atoms with Crippen LogP contribution in [0.4, 0.5) is 0 Å². The van der Waals surface area contributed by atoms with Gasteiger partial charge in [-0.3, -0.25) is 0 Å². The highest BCUT2D eigenvalue weighted by Crippen LogP contribution is 2.47. The van der Waals surface area contributed by atoms with E-state index >= 15 is 0 Å². The molecule has 2 N–H and O–H groups in total. The first kappa shape index (κ1) is 20.2. The zero-order valence-corrected chi connectivity index (χ0v) is 16.4. The molecule has 0 bridgehead atoms. The fourth-order valence-electron chi connectivity index (χ4n) is 5.15. The van der Waals surface area contributed by atoms with Crippen LogP contribution in [-0.2, 0) is 12.8 Å². The van der Waals surface area contributed by atoms with Crippen molar-refractivity contribution in [1.82, 2.24) is 0 Å². The molecular weight excluding hydrogens is 338 g/mol. The van der Waals surface area contributed by atoms with Crippen LogP contribution in [0.25, 0.3) is 0 Å². The summed E-state index contributed by atoms with van der Waals surface area (Å²) in [7, 11) is 0. The highest BCUT2D eigenvalue weighted by Gasteiger charge is 2.44. The zero-order valence-electron chi connectivity index (χ0n) is 16.4. The first-order valence-electron chi connectivity index (χ1n) is 10.6. The third-order valence-corrected chi connectivity index (χ3v) is 6.59. The standard InChI is InChI=1S/C23H33NO3/c1-2-3-4-5-19(25)7-9-21-22-14-16-6-8-20(27-11-10-24)13-17(16)12-18(22)15-23(21)26/h6,8,13,18-19,21-23,25-26H,2-5,7,9,11-12,14-15H2,1H3/t18-,19-,21+,22-,23+/m0/s1. The average molecular weight is 372 g/mol. The predicted octanol–water partition coefficient (Wildman–Crippen LogP) is 4.02. The Morgan fingerprint density at radius 2 is 2.07 bits per heavy atom. The van der Waals surface area contributed by atoms with Crippen LogP contribution in [0.2, 0.25) is 0 Å². The minimum absolute atomic E-state index is 0.0756. The van der Waals surface area contributed by atoms with Crippen molar-refractivity contribution in [2.75, 3.05) is 6.61 Å². The fourth-order valence-corrected chi connectivity index (χ4v) is 5.15. The molecule has 0 aromatic heterocycles. The van der Waals surface area contributed by atoms with E-state index in [0.717, 1.165) is 50.7 Å². The average Bonchev–Trinajstić information content (AvgIpc) is 2.96. The summed E-state index contributed by atoms with van der Waals surface area (Å²) in [6.45, 7) is 2.26. The summed E-state index contributed by atoms with van der Waals surface area (Å²) in [5.74, 6) is 2.10. The maximum Gasteiger partial charge on any atom is 0.174 e. The van der Waals surface area contributed by atoms with Gasteiger partial charge in [0.05, 0.1) is 12.2 Å². The zero-order chi connectivity index (χ0) is 19.2. The highest BCUT2D eigenvalue weighted by molar-refractivity contribution is 5.38. The van der Waals surface area contributed by atoms with E-state index in [-0.39, 0.29) is 18.8 Å². The largest absolute Gasteiger partial charge is 0.479 e. The highest BCUT2D eigenvalue weighted by atomic mass is 16.5. The topological polar surface area (TPSA) is 73.5 Å². The molecule has 0 unspecified atom stereocenters. The molecule has 4 heteroatoms. The number of nitriles is 1. The molecule has 2 aliphatic carbocycles. The second-order valence-electron chi connectivity index (χ2n) is 8.40. The van der Waals surface area contributed by atoms with Crippen LogP contribution in [0.1, 0.15) is 63.0 Å².